The van der Waals surface area contributed by atoms with E-state index in [9.17, 15) is 4.79 Å². The smallest absolute Gasteiger partial charge is 0.291 e. The molecule has 6 heteroatoms. The van der Waals surface area contributed by atoms with Gasteiger partial charge in [0.2, 0.25) is 5.76 Å². The first-order chi connectivity index (χ1) is 8.11. The van der Waals surface area contributed by atoms with Gasteiger partial charge >= 0.3 is 0 Å². The Labute approximate surface area is 98.8 Å². The molecular weight excluding hydrogens is 222 g/mol. The van der Waals surface area contributed by atoms with Crippen LogP contribution in [0, 0.1) is 25.2 Å². The summed E-state index contributed by atoms with van der Waals surface area (Å²) in [6.07, 6.45) is -0.558. The molecular formula is C11H13N3O3. The number of carbonyl (C=O) groups is 1. The summed E-state index contributed by atoms with van der Waals surface area (Å²) in [5.41, 5.74) is 0.576. The van der Waals surface area contributed by atoms with E-state index in [1.165, 1.54) is 0 Å². The fraction of sp³-hybridized carbons (Fsp3) is 0.545. The molecule has 0 bridgehead atoms. The Morgan fingerprint density at radius 2 is 2.35 bits per heavy atom. The van der Waals surface area contributed by atoms with Crippen molar-refractivity contribution in [1.29, 1.82) is 5.26 Å². The van der Waals surface area contributed by atoms with Crippen molar-refractivity contribution in [2.75, 3.05) is 19.7 Å². The van der Waals surface area contributed by atoms with Crippen LogP contribution in [0.3, 0.4) is 0 Å². The van der Waals surface area contributed by atoms with Gasteiger partial charge in [-0.1, -0.05) is 0 Å². The van der Waals surface area contributed by atoms with Crippen LogP contribution in [0.1, 0.15) is 22.1 Å². The summed E-state index contributed by atoms with van der Waals surface area (Å²) in [6.45, 7) is 4.54. The van der Waals surface area contributed by atoms with E-state index in [0.29, 0.717) is 24.7 Å². The Balaban J connectivity index is 2.15. The predicted octanol–water partition coefficient (Wildman–Crippen LogP) is 0.656. The number of nitrogens with zero attached hydrogens (tertiary/aromatic N) is 3. The minimum atomic E-state index is -0.558. The second-order valence-electron chi connectivity index (χ2n) is 3.89. The summed E-state index contributed by atoms with van der Waals surface area (Å²) in [6, 6.07) is 2.00. The Hall–Kier alpha value is -1.87. The van der Waals surface area contributed by atoms with Crippen LogP contribution in [0.5, 0.6) is 0 Å². The molecule has 0 N–H and O–H groups in total. The van der Waals surface area contributed by atoms with E-state index in [4.69, 9.17) is 14.4 Å². The number of oxazole rings is 1. The molecule has 1 aliphatic rings. The molecule has 2 rings (SSSR count). The van der Waals surface area contributed by atoms with Crippen molar-refractivity contribution in [1.82, 2.24) is 9.88 Å². The minimum absolute atomic E-state index is 0.230. The van der Waals surface area contributed by atoms with Crippen LogP contribution in [-0.2, 0) is 4.74 Å². The molecule has 1 unspecified atom stereocenters. The Bertz CT molecular complexity index is 475. The normalized spacial score (nSPS) is 20.1. The van der Waals surface area contributed by atoms with Crippen LogP contribution in [0.15, 0.2) is 4.42 Å². The van der Waals surface area contributed by atoms with E-state index in [-0.39, 0.29) is 18.2 Å². The molecule has 0 saturated carbocycles. The third kappa shape index (κ3) is 2.29. The van der Waals surface area contributed by atoms with Crippen molar-refractivity contribution in [2.45, 2.75) is 20.0 Å². The van der Waals surface area contributed by atoms with E-state index >= 15 is 0 Å². The maximum atomic E-state index is 12.1. The predicted molar refractivity (Wildman–Crippen MR) is 57.2 cm³/mol. The molecule has 1 atom stereocenters. The lowest BCUT2D eigenvalue weighted by molar-refractivity contribution is 0.00202. The molecule has 17 heavy (non-hydrogen) atoms. The van der Waals surface area contributed by atoms with Gasteiger partial charge in [0.15, 0.2) is 12.0 Å². The highest BCUT2D eigenvalue weighted by Gasteiger charge is 2.28. The summed E-state index contributed by atoms with van der Waals surface area (Å²) < 4.78 is 10.4. The van der Waals surface area contributed by atoms with Crippen molar-refractivity contribution in [2.24, 2.45) is 0 Å². The standard InChI is InChI=1S/C11H13N3O3/c1-7-10(17-8(2)13-7)11(15)14-3-4-16-9(5-12)6-14/h9H,3-4,6H2,1-2H3. The highest BCUT2D eigenvalue weighted by molar-refractivity contribution is 5.92. The molecule has 1 fully saturated rings. The third-order valence-corrected chi connectivity index (χ3v) is 2.60. The number of morpholine rings is 1. The number of nitriles is 1. The average Bonchev–Trinajstić information content (AvgIpc) is 2.67. The van der Waals surface area contributed by atoms with Crippen LogP contribution in [0.2, 0.25) is 0 Å². The summed E-state index contributed by atoms with van der Waals surface area (Å²) in [4.78, 5) is 17.7. The number of amides is 1. The van der Waals surface area contributed by atoms with Crippen molar-refractivity contribution in [3.05, 3.63) is 17.3 Å². The zero-order chi connectivity index (χ0) is 12.4. The van der Waals surface area contributed by atoms with Crippen LogP contribution in [0.25, 0.3) is 0 Å². The summed E-state index contributed by atoms with van der Waals surface area (Å²) >= 11 is 0. The molecule has 1 amide bonds. The van der Waals surface area contributed by atoms with E-state index < -0.39 is 6.10 Å². The Morgan fingerprint density at radius 3 is 2.94 bits per heavy atom. The summed E-state index contributed by atoms with van der Waals surface area (Å²) in [5.74, 6) is 0.490. The largest absolute Gasteiger partial charge is 0.436 e. The maximum Gasteiger partial charge on any atom is 0.291 e. The van der Waals surface area contributed by atoms with Crippen LogP contribution < -0.4 is 0 Å². The van der Waals surface area contributed by atoms with E-state index in [1.54, 1.807) is 18.7 Å². The number of aryl methyl sites for hydroxylation is 2. The van der Waals surface area contributed by atoms with Gasteiger partial charge in [-0.3, -0.25) is 4.79 Å². The first kappa shape index (κ1) is 11.6. The zero-order valence-electron chi connectivity index (χ0n) is 9.77. The molecule has 1 saturated heterocycles. The first-order valence-electron chi connectivity index (χ1n) is 5.36. The molecule has 0 aliphatic carbocycles. The fourth-order valence-electron chi connectivity index (χ4n) is 1.79. The van der Waals surface area contributed by atoms with Gasteiger partial charge in [-0.05, 0) is 6.92 Å². The lowest BCUT2D eigenvalue weighted by Crippen LogP contribution is -2.45. The molecule has 1 aromatic heterocycles. The average molecular weight is 235 g/mol. The van der Waals surface area contributed by atoms with Crippen molar-refractivity contribution in [3.63, 3.8) is 0 Å². The second kappa shape index (κ2) is 4.55. The molecule has 2 heterocycles. The second-order valence-corrected chi connectivity index (χ2v) is 3.89. The molecule has 0 radical (unpaired) electrons. The zero-order valence-corrected chi connectivity index (χ0v) is 9.77. The lowest BCUT2D eigenvalue weighted by Gasteiger charge is -2.29. The first-order valence-corrected chi connectivity index (χ1v) is 5.36. The van der Waals surface area contributed by atoms with Crippen molar-refractivity contribution in [3.8, 4) is 6.07 Å². The number of ether oxygens (including phenoxy) is 1. The van der Waals surface area contributed by atoms with Gasteiger partial charge in [0, 0.05) is 13.5 Å². The quantitative estimate of drug-likeness (QED) is 0.714. The number of hydrogen-bond acceptors (Lipinski definition) is 5. The molecule has 1 aromatic rings. The van der Waals surface area contributed by atoms with Gasteiger partial charge in [-0.2, -0.15) is 5.26 Å². The van der Waals surface area contributed by atoms with Gasteiger partial charge in [0.05, 0.1) is 24.9 Å². The van der Waals surface area contributed by atoms with Gasteiger partial charge in [0.25, 0.3) is 5.91 Å². The van der Waals surface area contributed by atoms with Crippen LogP contribution in [-0.4, -0.2) is 41.6 Å². The monoisotopic (exact) mass is 235 g/mol. The number of carbonyl (C=O) groups excluding carboxylic acids is 1. The summed E-state index contributed by atoms with van der Waals surface area (Å²) in [7, 11) is 0. The van der Waals surface area contributed by atoms with E-state index in [0.717, 1.165) is 0 Å². The van der Waals surface area contributed by atoms with E-state index in [2.05, 4.69) is 4.98 Å². The van der Waals surface area contributed by atoms with Crippen molar-refractivity contribution >= 4 is 5.91 Å². The fourth-order valence-corrected chi connectivity index (χ4v) is 1.79. The Morgan fingerprint density at radius 1 is 1.59 bits per heavy atom. The Kier molecular flexibility index (Phi) is 3.11. The van der Waals surface area contributed by atoms with Crippen LogP contribution in [0.4, 0.5) is 0 Å². The number of hydrogen-bond donors (Lipinski definition) is 0. The van der Waals surface area contributed by atoms with E-state index in [1.807, 2.05) is 6.07 Å². The molecule has 90 valence electrons. The highest BCUT2D eigenvalue weighted by atomic mass is 16.5. The van der Waals surface area contributed by atoms with Crippen molar-refractivity contribution < 1.29 is 13.9 Å². The van der Waals surface area contributed by atoms with Gasteiger partial charge in [-0.15, -0.1) is 0 Å². The highest BCUT2D eigenvalue weighted by Crippen LogP contribution is 2.14. The SMILES string of the molecule is Cc1nc(C)c(C(=O)N2CCOC(C#N)C2)o1. The third-order valence-electron chi connectivity index (χ3n) is 2.60. The van der Waals surface area contributed by atoms with Gasteiger partial charge in [-0.25, -0.2) is 4.98 Å². The lowest BCUT2D eigenvalue weighted by atomic mass is 10.2. The van der Waals surface area contributed by atoms with Crippen LogP contribution >= 0.6 is 0 Å². The molecule has 6 nitrogen and oxygen atoms in total. The molecule has 1 aliphatic heterocycles. The van der Waals surface area contributed by atoms with Gasteiger partial charge in [0.1, 0.15) is 0 Å². The molecule has 0 spiro atoms. The van der Waals surface area contributed by atoms with Gasteiger partial charge < -0.3 is 14.1 Å². The summed E-state index contributed by atoms with van der Waals surface area (Å²) in [5, 5.41) is 8.77. The molecule has 0 aromatic carbocycles. The topological polar surface area (TPSA) is 79.4 Å². The maximum absolute atomic E-state index is 12.1. The number of aromatic nitrogens is 1. The minimum Gasteiger partial charge on any atom is -0.436 e. The number of rotatable bonds is 1.